The lowest BCUT2D eigenvalue weighted by Crippen LogP contribution is -2.10. The molecule has 1 aliphatic heterocycles. The Morgan fingerprint density at radius 2 is 0.526 bits per heavy atom. The minimum absolute atomic E-state index is 0.138. The third-order valence-corrected chi connectivity index (χ3v) is 19.5. The first-order valence-electron chi connectivity index (χ1n) is 18.7. The van der Waals surface area contributed by atoms with Crippen LogP contribution >= 0.6 is 30.6 Å². The third kappa shape index (κ3) is 10.3. The fraction of sp³-hybridized carbons (Fsp3) is 0.268. The summed E-state index contributed by atoms with van der Waals surface area (Å²) in [6, 6.07) is 37.8. The highest BCUT2D eigenvalue weighted by molar-refractivity contribution is 7.79. The van der Waals surface area contributed by atoms with Crippen molar-refractivity contribution >= 4 is 30.6 Å². The predicted molar refractivity (Wildman–Crippen MR) is 231 cm³/mol. The van der Waals surface area contributed by atoms with Crippen LogP contribution in [-0.2, 0) is 13.6 Å². The molecule has 0 radical (unpaired) electrons. The second kappa shape index (κ2) is 18.7. The highest BCUT2D eigenvalue weighted by Crippen LogP contribution is 2.80. The van der Waals surface area contributed by atoms with Crippen molar-refractivity contribution in [2.24, 2.45) is 18.1 Å². The van der Waals surface area contributed by atoms with E-state index >= 15 is 0 Å². The molecule has 302 valence electrons. The molecule has 0 fully saturated rings. The first-order chi connectivity index (χ1) is 27.5. The minimum Gasteiger partial charge on any atom is -0.422 e. The molecule has 0 amide bonds. The summed E-state index contributed by atoms with van der Waals surface area (Å²) in [5, 5.41) is 0. The van der Waals surface area contributed by atoms with E-state index in [0.29, 0.717) is 28.7 Å². The minimum atomic E-state index is -4.21. The molecule has 0 saturated heterocycles. The van der Waals surface area contributed by atoms with Crippen molar-refractivity contribution < 1.29 is 36.2 Å². The maximum Gasteiger partial charge on any atom is 0.460 e. The van der Waals surface area contributed by atoms with E-state index in [4.69, 9.17) is 54.3 Å². The van der Waals surface area contributed by atoms with Crippen LogP contribution in [0.3, 0.4) is 0 Å². The van der Waals surface area contributed by atoms with Crippen LogP contribution in [0, 0.1) is 34.6 Å². The molecule has 1 unspecified atom stereocenters. The maximum atomic E-state index is 7.12. The zero-order valence-corrected chi connectivity index (χ0v) is 37.1. The Balaban J connectivity index is 1.86. The maximum absolute atomic E-state index is 7.12. The van der Waals surface area contributed by atoms with Crippen molar-refractivity contribution in [1.82, 2.24) is 0 Å². The van der Waals surface area contributed by atoms with Crippen LogP contribution in [0.1, 0.15) is 48.6 Å². The second-order valence-corrected chi connectivity index (χ2v) is 21.3. The Morgan fingerprint density at radius 3 is 0.807 bits per heavy atom. The molecule has 16 heteroatoms. The van der Waals surface area contributed by atoms with E-state index in [1.54, 1.807) is 0 Å². The molecule has 57 heavy (non-hydrogen) atoms. The van der Waals surface area contributed by atoms with E-state index in [9.17, 15) is 0 Å². The molecular formula is C41H50N4O8P4. The van der Waals surface area contributed by atoms with E-state index < -0.39 is 30.6 Å². The number of nitrogens with zero attached hydrogens (tertiary/aromatic N) is 4. The third-order valence-electron chi connectivity index (χ3n) is 8.35. The van der Waals surface area contributed by atoms with Gasteiger partial charge in [-0.3, -0.25) is 4.52 Å². The molecule has 0 aromatic heterocycles. The van der Waals surface area contributed by atoms with Gasteiger partial charge in [-0.15, -0.1) is 13.5 Å². The summed E-state index contributed by atoms with van der Waals surface area (Å²) in [6.07, 6.45) is 0. The topological polar surface area (TPSA) is 123 Å². The lowest BCUT2D eigenvalue weighted by molar-refractivity contribution is 0.257. The Hall–Kier alpha value is -4.10. The van der Waals surface area contributed by atoms with Gasteiger partial charge in [0.2, 0.25) is 0 Å². The zero-order chi connectivity index (χ0) is 40.5. The largest absolute Gasteiger partial charge is 0.460 e. The van der Waals surface area contributed by atoms with Crippen LogP contribution < -0.4 is 22.6 Å². The summed E-state index contributed by atoms with van der Waals surface area (Å²) in [5.41, 5.74) is 4.06. The van der Waals surface area contributed by atoms with Gasteiger partial charge >= 0.3 is 30.6 Å². The van der Waals surface area contributed by atoms with E-state index in [1.807, 2.05) is 177 Å². The molecular weight excluding hydrogens is 800 g/mol. The monoisotopic (exact) mass is 850 g/mol. The van der Waals surface area contributed by atoms with Gasteiger partial charge < -0.3 is 31.7 Å². The number of hydrogen-bond donors (Lipinski definition) is 0. The molecule has 5 aromatic rings. The quantitative estimate of drug-likeness (QED) is 0.0899. The molecule has 1 heterocycles. The van der Waals surface area contributed by atoms with Crippen molar-refractivity contribution in [3.05, 3.63) is 149 Å². The number of para-hydroxylation sites is 5. The van der Waals surface area contributed by atoms with Gasteiger partial charge in [0.15, 0.2) is 0 Å². The van der Waals surface area contributed by atoms with E-state index in [2.05, 4.69) is 0 Å². The lowest BCUT2D eigenvalue weighted by atomic mass is 10.2. The van der Waals surface area contributed by atoms with Crippen molar-refractivity contribution in [2.75, 3.05) is 19.8 Å². The van der Waals surface area contributed by atoms with Crippen LogP contribution in [0.5, 0.6) is 28.7 Å². The van der Waals surface area contributed by atoms with Crippen LogP contribution in [0.2, 0.25) is 0 Å². The fourth-order valence-corrected chi connectivity index (χ4v) is 18.2. The first kappa shape index (κ1) is 42.5. The smallest absolute Gasteiger partial charge is 0.422 e. The Kier molecular flexibility index (Phi) is 13.9. The summed E-state index contributed by atoms with van der Waals surface area (Å²) in [4.78, 5) is 0. The Morgan fingerprint density at radius 1 is 0.316 bits per heavy atom. The van der Waals surface area contributed by atoms with Gasteiger partial charge in [-0.1, -0.05) is 95.5 Å². The highest BCUT2D eigenvalue weighted by Gasteiger charge is 2.47. The van der Waals surface area contributed by atoms with Crippen molar-refractivity contribution in [3.63, 3.8) is 0 Å². The van der Waals surface area contributed by atoms with Crippen molar-refractivity contribution in [3.8, 4) is 28.7 Å². The predicted octanol–water partition coefficient (Wildman–Crippen LogP) is 14.8. The molecule has 12 nitrogen and oxygen atoms in total. The SMILES string of the molecule is CCOP1(OCC)=NP(Oc2ccccc2C)(Oc2ccccc2C)=NP(Oc2ccccc2C)(Oc2ccccc2C)=NP(OCC)(Oc2ccccc2C)=N1. The Bertz CT molecular complexity index is 2330. The van der Waals surface area contributed by atoms with Gasteiger partial charge in [-0.2, -0.15) is 0 Å². The van der Waals surface area contributed by atoms with Gasteiger partial charge in [0.1, 0.15) is 28.7 Å². The van der Waals surface area contributed by atoms with E-state index in [0.717, 1.165) is 27.8 Å². The highest BCUT2D eigenvalue weighted by atomic mass is 31.3. The van der Waals surface area contributed by atoms with Crippen LogP contribution in [0.15, 0.2) is 139 Å². The number of hydrogen-bond acceptors (Lipinski definition) is 12. The van der Waals surface area contributed by atoms with Crippen LogP contribution in [0.25, 0.3) is 0 Å². The summed E-state index contributed by atoms with van der Waals surface area (Å²) >= 11 is 0. The number of benzene rings is 5. The van der Waals surface area contributed by atoms with Gasteiger partial charge in [0.05, 0.1) is 19.8 Å². The molecule has 5 aromatic carbocycles. The Labute approximate surface area is 336 Å². The summed E-state index contributed by atoms with van der Waals surface area (Å²) in [7, 11) is -16.2. The molecule has 6 rings (SSSR count). The summed E-state index contributed by atoms with van der Waals surface area (Å²) in [5.74, 6) is 2.32. The normalized spacial score (nSPS) is 17.9. The van der Waals surface area contributed by atoms with Crippen molar-refractivity contribution in [1.29, 1.82) is 0 Å². The van der Waals surface area contributed by atoms with Crippen molar-refractivity contribution in [2.45, 2.75) is 55.4 Å². The standard InChI is InChI=1S/C41H50N4O8P4/c1-9-46-54(47-10-2)42-55(48-11-3,49-37-27-17-12-22-32(37)4)44-57(52-40-30-20-15-25-35(40)7,53-41-31-21-16-26-36(41)8)45-56(43-54,50-38-28-18-13-23-33(38)5)51-39-29-19-14-24-34(39)6/h12-31H,9-11H2,1-8H3. The molecule has 0 spiro atoms. The molecule has 1 atom stereocenters. The van der Waals surface area contributed by atoms with Crippen LogP contribution in [0.4, 0.5) is 0 Å². The van der Waals surface area contributed by atoms with Crippen LogP contribution in [-0.4, -0.2) is 19.8 Å². The van der Waals surface area contributed by atoms with E-state index in [-0.39, 0.29) is 19.8 Å². The second-order valence-electron chi connectivity index (χ2n) is 12.9. The molecule has 0 N–H and O–H groups in total. The number of aryl methyl sites for hydroxylation is 5. The van der Waals surface area contributed by atoms with E-state index in [1.165, 1.54) is 0 Å². The molecule has 1 aliphatic rings. The number of rotatable bonds is 16. The molecule has 0 aliphatic carbocycles. The van der Waals surface area contributed by atoms with Gasteiger partial charge in [0, 0.05) is 0 Å². The summed E-state index contributed by atoms with van der Waals surface area (Å²) in [6.45, 7) is 15.6. The van der Waals surface area contributed by atoms with Gasteiger partial charge in [-0.25, -0.2) is 0 Å². The zero-order valence-electron chi connectivity index (χ0n) is 33.5. The average Bonchev–Trinajstić information content (AvgIpc) is 3.16. The lowest BCUT2D eigenvalue weighted by Gasteiger charge is -2.33. The fourth-order valence-electron chi connectivity index (χ4n) is 5.52. The average molecular weight is 851 g/mol. The first-order valence-corrected chi connectivity index (χ1v) is 24.8. The molecule has 0 bridgehead atoms. The van der Waals surface area contributed by atoms with Gasteiger partial charge in [-0.05, 0) is 114 Å². The molecule has 0 saturated carbocycles. The van der Waals surface area contributed by atoms with Gasteiger partial charge in [0.25, 0.3) is 0 Å². The summed E-state index contributed by atoms with van der Waals surface area (Å²) < 4.78 is 76.8.